The molecule has 1 N–H and O–H groups in total. The van der Waals surface area contributed by atoms with E-state index >= 15 is 0 Å². The number of carboxylic acids is 1. The predicted molar refractivity (Wildman–Crippen MR) is 115 cm³/mol. The van der Waals surface area contributed by atoms with Gasteiger partial charge in [0, 0.05) is 18.5 Å². The number of carboxylic acid groups (broad SMARTS) is 1. The summed E-state index contributed by atoms with van der Waals surface area (Å²) in [5.74, 6) is -0.964. The number of fused-ring (bicyclic) bond motifs is 1. The lowest BCUT2D eigenvalue weighted by Gasteiger charge is -2.29. The summed E-state index contributed by atoms with van der Waals surface area (Å²) >= 11 is 0. The van der Waals surface area contributed by atoms with Gasteiger partial charge in [-0.25, -0.2) is 25.6 Å². The third-order valence-corrected chi connectivity index (χ3v) is 9.25. The number of aromatic nitrogens is 1. The molecular weight excluding hydrogens is 440 g/mol. The van der Waals surface area contributed by atoms with Crippen LogP contribution in [0.4, 0.5) is 0 Å². The molecule has 10 heteroatoms. The number of carbonyl (C=O) groups is 1. The van der Waals surface area contributed by atoms with E-state index in [0.29, 0.717) is 19.0 Å². The summed E-state index contributed by atoms with van der Waals surface area (Å²) in [6.45, 7) is 2.93. The van der Waals surface area contributed by atoms with Crippen molar-refractivity contribution in [3.63, 3.8) is 0 Å². The van der Waals surface area contributed by atoms with Crippen LogP contribution >= 0.6 is 0 Å². The van der Waals surface area contributed by atoms with Crippen LogP contribution in [-0.2, 0) is 20.0 Å². The molecule has 0 unspecified atom stereocenters. The third-order valence-electron chi connectivity index (χ3n) is 5.61. The van der Waals surface area contributed by atoms with Gasteiger partial charge in [0.15, 0.2) is 0 Å². The molecule has 0 saturated carbocycles. The molecule has 0 aliphatic carbocycles. The van der Waals surface area contributed by atoms with Crippen LogP contribution in [0.5, 0.6) is 0 Å². The number of aromatic carboxylic acids is 1. The topological polar surface area (TPSA) is 114 Å². The number of rotatable bonds is 5. The van der Waals surface area contributed by atoms with E-state index in [2.05, 4.69) is 6.92 Å². The smallest absolute Gasteiger partial charge is 0.353 e. The van der Waals surface area contributed by atoms with E-state index < -0.39 is 31.7 Å². The van der Waals surface area contributed by atoms with Crippen LogP contribution in [0.2, 0.25) is 0 Å². The SMILES string of the molecule is CC1CCN(S(=O)(=O)c2ccc3c(c2)cc(C(=O)O)n3S(=O)(=O)c2ccccc2)CC1. The molecule has 1 aliphatic heterocycles. The molecule has 0 atom stereocenters. The first-order chi connectivity index (χ1) is 14.6. The van der Waals surface area contributed by atoms with Gasteiger partial charge < -0.3 is 5.11 Å². The maximum Gasteiger partial charge on any atom is 0.353 e. The van der Waals surface area contributed by atoms with Crippen molar-refractivity contribution < 1.29 is 26.7 Å². The Morgan fingerprint density at radius 3 is 2.16 bits per heavy atom. The zero-order valence-corrected chi connectivity index (χ0v) is 18.4. The largest absolute Gasteiger partial charge is 0.477 e. The minimum Gasteiger partial charge on any atom is -0.477 e. The first-order valence-corrected chi connectivity index (χ1v) is 12.7. The quantitative estimate of drug-likeness (QED) is 0.624. The highest BCUT2D eigenvalue weighted by atomic mass is 32.2. The average molecular weight is 463 g/mol. The second kappa shape index (κ2) is 7.77. The second-order valence-electron chi connectivity index (χ2n) is 7.72. The Labute approximate surface area is 180 Å². The van der Waals surface area contributed by atoms with Crippen LogP contribution in [0.25, 0.3) is 10.9 Å². The minimum atomic E-state index is -4.20. The Morgan fingerprint density at radius 2 is 1.55 bits per heavy atom. The van der Waals surface area contributed by atoms with E-state index in [1.54, 1.807) is 18.2 Å². The maximum absolute atomic E-state index is 13.2. The normalized spacial score (nSPS) is 16.5. The van der Waals surface area contributed by atoms with Crippen LogP contribution in [0.1, 0.15) is 30.3 Å². The van der Waals surface area contributed by atoms with Crippen LogP contribution < -0.4 is 0 Å². The highest BCUT2D eigenvalue weighted by Crippen LogP contribution is 2.30. The Kier molecular flexibility index (Phi) is 5.40. The summed E-state index contributed by atoms with van der Waals surface area (Å²) in [4.78, 5) is 11.8. The molecule has 8 nitrogen and oxygen atoms in total. The number of piperidine rings is 1. The maximum atomic E-state index is 13.2. The van der Waals surface area contributed by atoms with Crippen molar-refractivity contribution in [3.8, 4) is 0 Å². The van der Waals surface area contributed by atoms with Gasteiger partial charge in [0.25, 0.3) is 10.0 Å². The number of hydrogen-bond donors (Lipinski definition) is 1. The van der Waals surface area contributed by atoms with E-state index in [0.717, 1.165) is 16.8 Å². The molecule has 164 valence electrons. The van der Waals surface area contributed by atoms with Crippen molar-refractivity contribution in [2.45, 2.75) is 29.6 Å². The summed E-state index contributed by atoms with van der Waals surface area (Å²) in [5.41, 5.74) is -0.354. The Balaban J connectivity index is 1.85. The van der Waals surface area contributed by atoms with Gasteiger partial charge >= 0.3 is 5.97 Å². The Hall–Kier alpha value is -2.69. The van der Waals surface area contributed by atoms with Crippen molar-refractivity contribution in [3.05, 3.63) is 60.3 Å². The molecule has 31 heavy (non-hydrogen) atoms. The molecule has 4 rings (SSSR count). The molecule has 1 saturated heterocycles. The highest BCUT2D eigenvalue weighted by Gasteiger charge is 2.30. The van der Waals surface area contributed by atoms with Crippen molar-refractivity contribution in [1.29, 1.82) is 0 Å². The van der Waals surface area contributed by atoms with Gasteiger partial charge in [-0.3, -0.25) is 0 Å². The van der Waals surface area contributed by atoms with Gasteiger partial charge in [0.1, 0.15) is 5.69 Å². The molecule has 1 aromatic heterocycles. The fourth-order valence-electron chi connectivity index (χ4n) is 3.81. The Morgan fingerprint density at radius 1 is 0.903 bits per heavy atom. The van der Waals surface area contributed by atoms with Crippen molar-refractivity contribution in [2.24, 2.45) is 5.92 Å². The van der Waals surface area contributed by atoms with Gasteiger partial charge in [-0.1, -0.05) is 25.1 Å². The molecule has 1 aliphatic rings. The number of nitrogens with zero attached hydrogens (tertiary/aromatic N) is 2. The number of benzene rings is 2. The van der Waals surface area contributed by atoms with Gasteiger partial charge in [-0.2, -0.15) is 4.31 Å². The molecule has 0 radical (unpaired) electrons. The molecule has 0 bridgehead atoms. The standard InChI is InChI=1S/C21H22N2O6S2/c1-15-9-11-22(12-10-15)30(26,27)18-7-8-19-16(13-18)14-20(21(24)25)23(19)31(28,29)17-5-3-2-4-6-17/h2-8,13-15H,9-12H2,1H3,(H,24,25). The summed E-state index contributed by atoms with van der Waals surface area (Å²) in [5, 5.41) is 9.85. The molecule has 2 heterocycles. The summed E-state index contributed by atoms with van der Waals surface area (Å²) in [7, 11) is -7.96. The van der Waals surface area contributed by atoms with Gasteiger partial charge in [0.05, 0.1) is 15.3 Å². The van der Waals surface area contributed by atoms with Crippen molar-refractivity contribution in [1.82, 2.24) is 8.28 Å². The molecule has 0 spiro atoms. The molecule has 0 amide bonds. The first-order valence-electron chi connectivity index (χ1n) is 9.82. The van der Waals surface area contributed by atoms with Crippen molar-refractivity contribution in [2.75, 3.05) is 13.1 Å². The summed E-state index contributed by atoms with van der Waals surface area (Å²) in [6, 6.07) is 12.7. The number of hydrogen-bond acceptors (Lipinski definition) is 5. The third kappa shape index (κ3) is 3.75. The predicted octanol–water partition coefficient (Wildman–Crippen LogP) is 3.00. The molecule has 1 fully saturated rings. The fourth-order valence-corrected chi connectivity index (χ4v) is 6.84. The minimum absolute atomic E-state index is 0.0146. The summed E-state index contributed by atoms with van der Waals surface area (Å²) in [6.07, 6.45) is 1.55. The highest BCUT2D eigenvalue weighted by molar-refractivity contribution is 7.90. The first kappa shape index (κ1) is 21.5. The second-order valence-corrected chi connectivity index (χ2v) is 11.4. The van der Waals surface area contributed by atoms with E-state index in [4.69, 9.17) is 0 Å². The Bertz CT molecular complexity index is 1350. The van der Waals surface area contributed by atoms with Crippen LogP contribution in [0.15, 0.2) is 64.4 Å². The fraction of sp³-hybridized carbons (Fsp3) is 0.286. The zero-order valence-electron chi connectivity index (χ0n) is 16.8. The van der Waals surface area contributed by atoms with Crippen LogP contribution in [0, 0.1) is 5.92 Å². The van der Waals surface area contributed by atoms with E-state index in [1.165, 1.54) is 40.7 Å². The van der Waals surface area contributed by atoms with Crippen LogP contribution in [-0.4, -0.2) is 49.3 Å². The lowest BCUT2D eigenvalue weighted by molar-refractivity contribution is 0.0689. The van der Waals surface area contributed by atoms with Gasteiger partial charge in [-0.05, 0) is 55.2 Å². The lowest BCUT2D eigenvalue weighted by atomic mass is 10.0. The van der Waals surface area contributed by atoms with Crippen molar-refractivity contribution >= 4 is 36.9 Å². The van der Waals surface area contributed by atoms with Gasteiger partial charge in [-0.15, -0.1) is 0 Å². The average Bonchev–Trinajstić information content (AvgIpc) is 3.15. The lowest BCUT2D eigenvalue weighted by Crippen LogP contribution is -2.37. The van der Waals surface area contributed by atoms with E-state index in [1.807, 2.05) is 0 Å². The molecule has 2 aromatic carbocycles. The van der Waals surface area contributed by atoms with Gasteiger partial charge in [0.2, 0.25) is 10.0 Å². The zero-order chi connectivity index (χ0) is 22.4. The summed E-state index contributed by atoms with van der Waals surface area (Å²) < 4.78 is 54.6. The van der Waals surface area contributed by atoms with Crippen LogP contribution in [0.3, 0.4) is 0 Å². The molecule has 3 aromatic rings. The van der Waals surface area contributed by atoms with E-state index in [-0.39, 0.29) is 20.7 Å². The van der Waals surface area contributed by atoms with E-state index in [9.17, 15) is 26.7 Å². The molecular formula is C21H22N2O6S2. The monoisotopic (exact) mass is 462 g/mol. The number of sulfonamides is 1.